The maximum atomic E-state index is 3.57. The van der Waals surface area contributed by atoms with Crippen molar-refractivity contribution in [3.8, 4) is 27.9 Å². The van der Waals surface area contributed by atoms with Crippen LogP contribution in [0.4, 0.5) is 5.69 Å². The summed E-state index contributed by atoms with van der Waals surface area (Å²) in [5, 5.41) is 4.81. The molecule has 2 nitrogen and oxygen atoms in total. The third kappa shape index (κ3) is 5.46. The largest absolute Gasteiger partial charge is 0.387 e. The monoisotopic (exact) mass is 636 g/mol. The first-order chi connectivity index (χ1) is 23.7. The average molecular weight is 637 g/mol. The summed E-state index contributed by atoms with van der Waals surface area (Å²) in [6, 6.07) is 54.5. The van der Waals surface area contributed by atoms with Gasteiger partial charge in [0.1, 0.15) is 0 Å². The Bertz CT molecular complexity index is 2280. The first-order valence-corrected chi connectivity index (χ1v) is 17.3. The second-order valence-electron chi connectivity index (χ2n) is 12.2. The summed E-state index contributed by atoms with van der Waals surface area (Å²) in [4.78, 5) is 2.47. The first kappa shape index (κ1) is 29.9. The molecule has 0 saturated heterocycles. The van der Waals surface area contributed by atoms with Crippen molar-refractivity contribution in [2.24, 2.45) is 0 Å². The number of rotatable bonds is 6. The van der Waals surface area contributed by atoms with Crippen molar-refractivity contribution in [2.75, 3.05) is 12.4 Å². The Morgan fingerprint density at radius 1 is 0.604 bits per heavy atom. The Hall–Kier alpha value is -5.51. The molecular formula is C45H36N2S. The van der Waals surface area contributed by atoms with Gasteiger partial charge < -0.3 is 9.88 Å². The minimum absolute atomic E-state index is 0.215. The van der Waals surface area contributed by atoms with E-state index in [1.807, 2.05) is 18.8 Å². The van der Waals surface area contributed by atoms with Crippen molar-refractivity contribution < 1.29 is 0 Å². The van der Waals surface area contributed by atoms with Gasteiger partial charge in [-0.05, 0) is 46.5 Å². The number of hydrogen-bond donors (Lipinski definition) is 1. The van der Waals surface area contributed by atoms with Gasteiger partial charge in [0.05, 0.1) is 16.9 Å². The zero-order chi connectivity index (χ0) is 32.5. The van der Waals surface area contributed by atoms with Crippen LogP contribution in [0.2, 0.25) is 0 Å². The number of thioether (sulfide) groups is 1. The number of benzene rings is 6. The molecule has 1 aliphatic heterocycles. The molecule has 6 aromatic carbocycles. The van der Waals surface area contributed by atoms with E-state index in [9.17, 15) is 0 Å². The van der Waals surface area contributed by atoms with Crippen molar-refractivity contribution in [1.82, 2.24) is 4.57 Å². The normalized spacial score (nSPS) is 14.5. The van der Waals surface area contributed by atoms with E-state index in [0.29, 0.717) is 0 Å². The molecule has 0 fully saturated rings. The van der Waals surface area contributed by atoms with E-state index in [1.165, 1.54) is 65.3 Å². The molecule has 0 bridgehead atoms. The van der Waals surface area contributed by atoms with Crippen molar-refractivity contribution in [2.45, 2.75) is 17.7 Å². The Labute approximate surface area is 287 Å². The van der Waals surface area contributed by atoms with Gasteiger partial charge in [-0.1, -0.05) is 164 Å². The number of allylic oxidation sites excluding steroid dienone is 1. The lowest BCUT2D eigenvalue weighted by molar-refractivity contribution is 0.969. The van der Waals surface area contributed by atoms with Gasteiger partial charge in [0, 0.05) is 50.5 Å². The van der Waals surface area contributed by atoms with E-state index in [-0.39, 0.29) is 5.92 Å². The summed E-state index contributed by atoms with van der Waals surface area (Å²) >= 11 is 1.86. The highest BCUT2D eigenvalue weighted by Gasteiger charge is 2.25. The summed E-state index contributed by atoms with van der Waals surface area (Å²) in [6.45, 7) is 2.30. The minimum atomic E-state index is 0.215. The molecule has 232 valence electrons. The highest BCUT2D eigenvalue weighted by atomic mass is 32.2. The van der Waals surface area contributed by atoms with Gasteiger partial charge in [0.25, 0.3) is 0 Å². The quantitative estimate of drug-likeness (QED) is 0.196. The topological polar surface area (TPSA) is 17.0 Å². The van der Waals surface area contributed by atoms with Gasteiger partial charge in [0.2, 0.25) is 0 Å². The van der Waals surface area contributed by atoms with Gasteiger partial charge >= 0.3 is 0 Å². The second kappa shape index (κ2) is 12.9. The van der Waals surface area contributed by atoms with Gasteiger partial charge in [-0.3, -0.25) is 0 Å². The minimum Gasteiger partial charge on any atom is -0.387 e. The molecule has 1 unspecified atom stereocenters. The molecule has 8 rings (SSSR count). The molecule has 1 atom stereocenters. The molecule has 2 heterocycles. The zero-order valence-electron chi connectivity index (χ0n) is 27.1. The van der Waals surface area contributed by atoms with Crippen LogP contribution in [0, 0.1) is 0 Å². The van der Waals surface area contributed by atoms with Gasteiger partial charge in [-0.25, -0.2) is 0 Å². The number of fused-ring (bicyclic) bond motifs is 4. The zero-order valence-corrected chi connectivity index (χ0v) is 27.9. The number of aromatic nitrogens is 1. The SMILES string of the molecule is CNc1c(-c2ccccc2)ccc2c1/C=C\c1c(n(-c3ccc(-c4ccccc4)cc3)c3ccccc13)/C(=C/C(C)c1ccccc1)S2. The van der Waals surface area contributed by atoms with E-state index >= 15 is 0 Å². The third-order valence-electron chi connectivity index (χ3n) is 9.28. The van der Waals surface area contributed by atoms with E-state index in [1.54, 1.807) is 0 Å². The number of nitrogens with one attached hydrogen (secondary N) is 1. The Kier molecular flexibility index (Phi) is 8.05. The van der Waals surface area contributed by atoms with E-state index in [2.05, 4.69) is 187 Å². The summed E-state index contributed by atoms with van der Waals surface area (Å²) in [5.41, 5.74) is 13.3. The fourth-order valence-corrected chi connectivity index (χ4v) is 8.11. The van der Waals surface area contributed by atoms with Crippen LogP contribution in [-0.2, 0) is 0 Å². The lowest BCUT2D eigenvalue weighted by atomic mass is 9.98. The van der Waals surface area contributed by atoms with Crippen molar-refractivity contribution >= 4 is 45.4 Å². The number of para-hydroxylation sites is 1. The maximum absolute atomic E-state index is 3.57. The lowest BCUT2D eigenvalue weighted by Gasteiger charge is -2.22. The molecule has 48 heavy (non-hydrogen) atoms. The first-order valence-electron chi connectivity index (χ1n) is 16.5. The summed E-state index contributed by atoms with van der Waals surface area (Å²) in [6.07, 6.45) is 7.10. The van der Waals surface area contributed by atoms with Gasteiger partial charge in [-0.15, -0.1) is 0 Å². The summed E-state index contributed by atoms with van der Waals surface area (Å²) in [5.74, 6) is 0.215. The van der Waals surface area contributed by atoms with Crippen LogP contribution < -0.4 is 5.32 Å². The fraction of sp³-hybridized carbons (Fsp3) is 0.0667. The molecule has 7 aromatic rings. The fourth-order valence-electron chi connectivity index (χ4n) is 6.89. The van der Waals surface area contributed by atoms with Crippen molar-refractivity contribution in [3.63, 3.8) is 0 Å². The van der Waals surface area contributed by atoms with Crippen LogP contribution in [-0.4, -0.2) is 11.6 Å². The lowest BCUT2D eigenvalue weighted by Crippen LogP contribution is -2.03. The Balaban J connectivity index is 1.37. The summed E-state index contributed by atoms with van der Waals surface area (Å²) in [7, 11) is 2.03. The molecule has 1 N–H and O–H groups in total. The standard InChI is InChI=1S/C45H36N2S/c1-31(32-14-6-3-7-15-32)30-43-45-39(26-27-40-42(48-43)29-28-37(44(40)46-2)35-18-10-5-11-19-35)38-20-12-13-21-41(38)47(45)36-24-22-34(23-25-36)33-16-8-4-9-17-33/h3-31,46H,1-2H3/b27-26-,43-30-. The molecule has 3 heteroatoms. The number of anilines is 1. The smallest absolute Gasteiger partial charge is 0.0677 e. The molecule has 0 spiro atoms. The number of nitrogens with zero attached hydrogens (tertiary/aromatic N) is 1. The molecule has 1 aromatic heterocycles. The van der Waals surface area contributed by atoms with Crippen LogP contribution in [0.3, 0.4) is 0 Å². The highest BCUT2D eigenvalue weighted by molar-refractivity contribution is 8.08. The van der Waals surface area contributed by atoms with Crippen LogP contribution >= 0.6 is 11.8 Å². The predicted octanol–water partition coefficient (Wildman–Crippen LogP) is 12.4. The van der Waals surface area contributed by atoms with E-state index in [4.69, 9.17) is 0 Å². The average Bonchev–Trinajstić information content (AvgIpc) is 3.47. The van der Waals surface area contributed by atoms with Crippen molar-refractivity contribution in [1.29, 1.82) is 0 Å². The van der Waals surface area contributed by atoms with E-state index in [0.717, 1.165) is 11.4 Å². The van der Waals surface area contributed by atoms with E-state index < -0.39 is 0 Å². The predicted molar refractivity (Wildman–Crippen MR) is 208 cm³/mol. The second-order valence-corrected chi connectivity index (χ2v) is 13.3. The summed E-state index contributed by atoms with van der Waals surface area (Å²) < 4.78 is 2.46. The van der Waals surface area contributed by atoms with Crippen LogP contribution in [0.25, 0.3) is 55.9 Å². The van der Waals surface area contributed by atoms with Crippen molar-refractivity contribution in [3.05, 3.63) is 180 Å². The molecule has 0 saturated carbocycles. The van der Waals surface area contributed by atoms with Gasteiger partial charge in [-0.2, -0.15) is 0 Å². The molecule has 1 aliphatic rings. The Morgan fingerprint density at radius 2 is 1.21 bits per heavy atom. The van der Waals surface area contributed by atoms with Gasteiger partial charge in [0.15, 0.2) is 0 Å². The van der Waals surface area contributed by atoms with Crippen LogP contribution in [0.1, 0.15) is 35.2 Å². The molecule has 0 aliphatic carbocycles. The van der Waals surface area contributed by atoms with Crippen LogP contribution in [0.5, 0.6) is 0 Å². The third-order valence-corrected chi connectivity index (χ3v) is 10.4. The van der Waals surface area contributed by atoms with Crippen LogP contribution in [0.15, 0.2) is 163 Å². The highest BCUT2D eigenvalue weighted by Crippen LogP contribution is 2.49. The maximum Gasteiger partial charge on any atom is 0.0677 e. The molecule has 0 amide bonds. The molecular weight excluding hydrogens is 601 g/mol. The molecule has 0 radical (unpaired) electrons. The Morgan fingerprint density at radius 3 is 1.92 bits per heavy atom. The number of hydrogen-bond acceptors (Lipinski definition) is 2.